The molecule has 0 spiro atoms. The predicted octanol–water partition coefficient (Wildman–Crippen LogP) is 7.22. The normalized spacial score (nSPS) is 13.4. The minimum absolute atomic E-state index is 0.328. The molecule has 6 rings (SSSR count). The SMILES string of the molecule is [2H]C([2H])([2H])c1c[n+](C)c(-c2ccc3c(oc4nc5ccccc5c(C)c43)c2C)cc1-c1ccccc1. The predicted molar refractivity (Wildman–Crippen MR) is 135 cm³/mol. The van der Waals surface area contributed by atoms with Crippen LogP contribution in [0, 0.1) is 20.7 Å². The maximum absolute atomic E-state index is 8.13. The highest BCUT2D eigenvalue weighted by molar-refractivity contribution is 6.11. The molecular formula is C30H25N2O+. The van der Waals surface area contributed by atoms with Gasteiger partial charge in [0.2, 0.25) is 11.4 Å². The number of fused-ring (bicyclic) bond motifs is 4. The molecule has 0 atom stereocenters. The molecule has 3 aromatic carbocycles. The molecule has 0 N–H and O–H groups in total. The molecule has 3 nitrogen and oxygen atoms in total. The van der Waals surface area contributed by atoms with Crippen molar-refractivity contribution in [1.82, 2.24) is 4.98 Å². The highest BCUT2D eigenvalue weighted by atomic mass is 16.3. The van der Waals surface area contributed by atoms with Crippen LogP contribution >= 0.6 is 0 Å². The van der Waals surface area contributed by atoms with Gasteiger partial charge in [-0.15, -0.1) is 0 Å². The summed E-state index contributed by atoms with van der Waals surface area (Å²) in [5.74, 6) is 0. The Bertz CT molecular complexity index is 1800. The van der Waals surface area contributed by atoms with Crippen molar-refractivity contribution in [3.05, 3.63) is 95.7 Å². The molecule has 0 saturated carbocycles. The molecule has 0 fully saturated rings. The molecule has 6 aromatic rings. The maximum Gasteiger partial charge on any atom is 0.228 e. The van der Waals surface area contributed by atoms with Crippen LogP contribution in [-0.2, 0) is 7.05 Å². The minimum Gasteiger partial charge on any atom is -0.437 e. The fourth-order valence-corrected chi connectivity index (χ4v) is 4.91. The van der Waals surface area contributed by atoms with Crippen LogP contribution in [0.1, 0.15) is 20.8 Å². The first-order valence-corrected chi connectivity index (χ1v) is 11.0. The Labute approximate surface area is 197 Å². The molecule has 0 radical (unpaired) electrons. The first-order chi connectivity index (χ1) is 17.2. The Balaban J connectivity index is 1.62. The van der Waals surface area contributed by atoms with Crippen molar-refractivity contribution in [1.29, 1.82) is 0 Å². The molecule has 3 heterocycles. The average molecular weight is 433 g/mol. The summed E-state index contributed by atoms with van der Waals surface area (Å²) in [6, 6.07) is 24.0. The molecule has 0 bridgehead atoms. The third kappa shape index (κ3) is 2.96. The van der Waals surface area contributed by atoms with Crippen LogP contribution in [-0.4, -0.2) is 4.98 Å². The van der Waals surface area contributed by atoms with Crippen LogP contribution in [0.3, 0.4) is 0 Å². The van der Waals surface area contributed by atoms with Gasteiger partial charge in [-0.2, -0.15) is 0 Å². The number of hydrogen-bond donors (Lipinski definition) is 0. The third-order valence-electron chi connectivity index (χ3n) is 6.63. The van der Waals surface area contributed by atoms with E-state index in [4.69, 9.17) is 13.5 Å². The van der Waals surface area contributed by atoms with Gasteiger partial charge in [0.15, 0.2) is 6.20 Å². The lowest BCUT2D eigenvalue weighted by atomic mass is 9.96. The maximum atomic E-state index is 8.13. The molecule has 160 valence electrons. The smallest absolute Gasteiger partial charge is 0.228 e. The van der Waals surface area contributed by atoms with Crippen LogP contribution in [0.2, 0.25) is 0 Å². The fourth-order valence-electron chi connectivity index (χ4n) is 4.91. The van der Waals surface area contributed by atoms with Crippen molar-refractivity contribution in [2.24, 2.45) is 7.05 Å². The van der Waals surface area contributed by atoms with Crippen molar-refractivity contribution in [2.45, 2.75) is 20.7 Å². The summed E-state index contributed by atoms with van der Waals surface area (Å²) in [6.45, 7) is 1.93. The molecule has 0 amide bonds. The van der Waals surface area contributed by atoms with Gasteiger partial charge in [-0.25, -0.2) is 9.55 Å². The zero-order chi connectivity index (χ0) is 25.2. The molecule has 0 aliphatic rings. The van der Waals surface area contributed by atoms with E-state index in [0.717, 1.165) is 55.2 Å². The number of aryl methyl sites for hydroxylation is 4. The summed E-state index contributed by atoms with van der Waals surface area (Å²) in [7, 11) is 1.89. The number of pyridine rings is 2. The first kappa shape index (κ1) is 16.6. The molecule has 0 aliphatic heterocycles. The van der Waals surface area contributed by atoms with Gasteiger partial charge in [0, 0.05) is 32.1 Å². The number of benzene rings is 3. The second-order valence-corrected chi connectivity index (χ2v) is 8.61. The first-order valence-electron chi connectivity index (χ1n) is 12.5. The fraction of sp³-hybridized carbons (Fsp3) is 0.133. The van der Waals surface area contributed by atoms with Crippen molar-refractivity contribution in [3.63, 3.8) is 0 Å². The van der Waals surface area contributed by atoms with Gasteiger partial charge in [0.25, 0.3) is 0 Å². The molecule has 0 saturated heterocycles. The van der Waals surface area contributed by atoms with Gasteiger partial charge >= 0.3 is 0 Å². The summed E-state index contributed by atoms with van der Waals surface area (Å²) in [5.41, 5.74) is 8.30. The van der Waals surface area contributed by atoms with E-state index in [1.54, 1.807) is 6.20 Å². The van der Waals surface area contributed by atoms with Gasteiger partial charge in [-0.05, 0) is 55.6 Å². The Kier molecular flexibility index (Phi) is 3.67. The Hall–Kier alpha value is -3.98. The van der Waals surface area contributed by atoms with Gasteiger partial charge in [0.1, 0.15) is 12.6 Å². The van der Waals surface area contributed by atoms with Crippen molar-refractivity contribution < 1.29 is 13.1 Å². The van der Waals surface area contributed by atoms with Crippen molar-refractivity contribution in [2.75, 3.05) is 0 Å². The van der Waals surface area contributed by atoms with E-state index in [2.05, 4.69) is 32.0 Å². The molecule has 3 heteroatoms. The van der Waals surface area contributed by atoms with Crippen molar-refractivity contribution >= 4 is 33.0 Å². The molecule has 3 aromatic heterocycles. The van der Waals surface area contributed by atoms with E-state index in [-0.39, 0.29) is 0 Å². The van der Waals surface area contributed by atoms with Crippen LogP contribution in [0.4, 0.5) is 0 Å². The number of furan rings is 1. The highest BCUT2D eigenvalue weighted by Crippen LogP contribution is 2.38. The number of aromatic nitrogens is 2. The summed E-state index contributed by atoms with van der Waals surface area (Å²) in [6.07, 6.45) is 1.73. The number of para-hydroxylation sites is 1. The Morgan fingerprint density at radius 3 is 2.45 bits per heavy atom. The lowest BCUT2D eigenvalue weighted by Crippen LogP contribution is -2.31. The average Bonchev–Trinajstić information content (AvgIpc) is 3.24. The van der Waals surface area contributed by atoms with Crippen LogP contribution in [0.25, 0.3) is 55.4 Å². The number of hydrogen-bond acceptors (Lipinski definition) is 2. The topological polar surface area (TPSA) is 29.9 Å². The lowest BCUT2D eigenvalue weighted by molar-refractivity contribution is -0.660. The van der Waals surface area contributed by atoms with E-state index in [1.165, 1.54) is 0 Å². The molecular weight excluding hydrogens is 404 g/mol. The van der Waals surface area contributed by atoms with Gasteiger partial charge < -0.3 is 4.42 Å². The quantitative estimate of drug-likeness (QED) is 0.270. The standard InChI is InChI=1S/C30H25N2O/c1-18-17-32(4)27(16-25(18)21-10-6-5-7-11-21)23-14-15-24-28-19(2)22-12-8-9-13-26(22)31-30(28)33-29(24)20(23)3/h5-17H,1-4H3/q+1/i1D3. The summed E-state index contributed by atoms with van der Waals surface area (Å²) in [4.78, 5) is 4.79. The molecule has 33 heavy (non-hydrogen) atoms. The van der Waals surface area contributed by atoms with E-state index >= 15 is 0 Å². The monoisotopic (exact) mass is 432 g/mol. The summed E-state index contributed by atoms with van der Waals surface area (Å²) < 4.78 is 32.6. The largest absolute Gasteiger partial charge is 0.437 e. The van der Waals surface area contributed by atoms with Gasteiger partial charge in [0.05, 0.1) is 16.5 Å². The van der Waals surface area contributed by atoms with E-state index < -0.39 is 6.85 Å². The van der Waals surface area contributed by atoms with E-state index in [0.29, 0.717) is 16.8 Å². The zero-order valence-corrected chi connectivity index (χ0v) is 18.8. The van der Waals surface area contributed by atoms with Gasteiger partial charge in [-0.3, -0.25) is 0 Å². The second kappa shape index (κ2) is 7.28. The van der Waals surface area contributed by atoms with E-state index in [1.807, 2.05) is 66.2 Å². The zero-order valence-electron chi connectivity index (χ0n) is 21.8. The number of nitrogens with zero attached hydrogens (tertiary/aromatic N) is 2. The Morgan fingerprint density at radius 1 is 0.848 bits per heavy atom. The van der Waals surface area contributed by atoms with E-state index in [9.17, 15) is 0 Å². The third-order valence-corrected chi connectivity index (χ3v) is 6.63. The van der Waals surface area contributed by atoms with Crippen LogP contribution in [0.15, 0.2) is 83.4 Å². The summed E-state index contributed by atoms with van der Waals surface area (Å²) in [5, 5.41) is 3.19. The van der Waals surface area contributed by atoms with Gasteiger partial charge in [-0.1, -0.05) is 48.5 Å². The Morgan fingerprint density at radius 2 is 1.64 bits per heavy atom. The number of rotatable bonds is 2. The van der Waals surface area contributed by atoms with Crippen LogP contribution < -0.4 is 4.57 Å². The molecule has 0 unspecified atom stereocenters. The molecule has 0 aliphatic carbocycles. The minimum atomic E-state index is -2.23. The van der Waals surface area contributed by atoms with Crippen LogP contribution in [0.5, 0.6) is 0 Å². The lowest BCUT2D eigenvalue weighted by Gasteiger charge is -2.10. The summed E-state index contributed by atoms with van der Waals surface area (Å²) >= 11 is 0. The van der Waals surface area contributed by atoms with Crippen molar-refractivity contribution in [3.8, 4) is 22.4 Å². The highest BCUT2D eigenvalue weighted by Gasteiger charge is 2.21. The second-order valence-electron chi connectivity index (χ2n) is 8.61.